The Morgan fingerprint density at radius 2 is 1.90 bits per heavy atom. The van der Waals surface area contributed by atoms with Crippen LogP contribution in [0, 0.1) is 12.8 Å². The summed E-state index contributed by atoms with van der Waals surface area (Å²) in [5.74, 6) is 0.859. The fourth-order valence-electron chi connectivity index (χ4n) is 3.17. The van der Waals surface area contributed by atoms with E-state index in [1.165, 1.54) is 30.4 Å². The topological polar surface area (TPSA) is 38.9 Å². The van der Waals surface area contributed by atoms with Crippen LogP contribution in [0.1, 0.15) is 49.6 Å². The first-order valence-corrected chi connectivity index (χ1v) is 8.80. The van der Waals surface area contributed by atoms with Crippen molar-refractivity contribution >= 4 is 11.3 Å². The summed E-state index contributed by atoms with van der Waals surface area (Å²) in [7, 11) is 0. The second-order valence-electron chi connectivity index (χ2n) is 6.41. The average molecular weight is 300 g/mol. The SMILES string of the molecule is CCC1CCC(N)(c2nc(-c3ccc(C)cc3)cs2)CC1. The quantitative estimate of drug-likeness (QED) is 0.878. The molecule has 1 saturated carbocycles. The summed E-state index contributed by atoms with van der Waals surface area (Å²) in [5, 5.41) is 3.27. The predicted octanol–water partition coefficient (Wildman–Crippen LogP) is 4.87. The standard InChI is InChI=1S/C18H24N2S/c1-3-14-8-10-18(19,11-9-14)17-20-16(12-21-17)15-6-4-13(2)5-7-15/h4-7,12,14H,3,8-11,19H2,1-2H3. The number of aryl methyl sites for hydroxylation is 1. The van der Waals surface area contributed by atoms with Gasteiger partial charge >= 0.3 is 0 Å². The molecule has 3 rings (SSSR count). The molecule has 0 amide bonds. The number of nitrogens with zero attached hydrogens (tertiary/aromatic N) is 1. The summed E-state index contributed by atoms with van der Waals surface area (Å²) in [5.41, 5.74) is 10.0. The fourth-order valence-corrected chi connectivity index (χ4v) is 4.18. The molecule has 0 atom stereocenters. The number of thiazole rings is 1. The molecule has 1 aliphatic carbocycles. The maximum atomic E-state index is 6.66. The zero-order valence-electron chi connectivity index (χ0n) is 12.9. The van der Waals surface area contributed by atoms with E-state index in [2.05, 4.69) is 43.5 Å². The van der Waals surface area contributed by atoms with Crippen LogP contribution in [0.2, 0.25) is 0 Å². The summed E-state index contributed by atoms with van der Waals surface area (Å²) >= 11 is 1.73. The Morgan fingerprint density at radius 1 is 1.24 bits per heavy atom. The molecule has 2 aromatic rings. The second-order valence-corrected chi connectivity index (χ2v) is 7.27. The van der Waals surface area contributed by atoms with Gasteiger partial charge < -0.3 is 5.73 Å². The Labute approximate surface area is 131 Å². The van der Waals surface area contributed by atoms with Crippen LogP contribution in [0.25, 0.3) is 11.3 Å². The average Bonchev–Trinajstić information content (AvgIpc) is 2.99. The van der Waals surface area contributed by atoms with Crippen molar-refractivity contribution in [1.82, 2.24) is 4.98 Å². The summed E-state index contributed by atoms with van der Waals surface area (Å²) in [4.78, 5) is 4.85. The van der Waals surface area contributed by atoms with E-state index >= 15 is 0 Å². The van der Waals surface area contributed by atoms with Crippen molar-refractivity contribution in [2.45, 2.75) is 51.5 Å². The molecule has 2 nitrogen and oxygen atoms in total. The molecular formula is C18H24N2S. The second kappa shape index (κ2) is 5.90. The highest BCUT2D eigenvalue weighted by atomic mass is 32.1. The third-order valence-electron chi connectivity index (χ3n) is 4.85. The van der Waals surface area contributed by atoms with E-state index < -0.39 is 0 Å². The van der Waals surface area contributed by atoms with Crippen LogP contribution in [0.3, 0.4) is 0 Å². The van der Waals surface area contributed by atoms with Gasteiger partial charge in [-0.25, -0.2) is 4.98 Å². The van der Waals surface area contributed by atoms with Gasteiger partial charge in [-0.15, -0.1) is 11.3 Å². The maximum Gasteiger partial charge on any atom is 0.113 e. The van der Waals surface area contributed by atoms with Crippen LogP contribution >= 0.6 is 11.3 Å². The fraction of sp³-hybridized carbons (Fsp3) is 0.500. The summed E-state index contributed by atoms with van der Waals surface area (Å²) < 4.78 is 0. The lowest BCUT2D eigenvalue weighted by molar-refractivity contribution is 0.231. The molecule has 0 saturated heterocycles. The van der Waals surface area contributed by atoms with E-state index in [9.17, 15) is 0 Å². The molecular weight excluding hydrogens is 276 g/mol. The number of hydrogen-bond donors (Lipinski definition) is 1. The van der Waals surface area contributed by atoms with Gasteiger partial charge in [-0.2, -0.15) is 0 Å². The third-order valence-corrected chi connectivity index (χ3v) is 5.91. The largest absolute Gasteiger partial charge is 0.319 e. The van der Waals surface area contributed by atoms with Gasteiger partial charge in [0.2, 0.25) is 0 Å². The predicted molar refractivity (Wildman–Crippen MR) is 90.4 cm³/mol. The first-order valence-electron chi connectivity index (χ1n) is 7.92. The van der Waals surface area contributed by atoms with Gasteiger partial charge in [0.05, 0.1) is 11.2 Å². The molecule has 1 fully saturated rings. The van der Waals surface area contributed by atoms with Crippen LogP contribution in [-0.2, 0) is 5.54 Å². The van der Waals surface area contributed by atoms with E-state index in [1.807, 2.05) is 0 Å². The summed E-state index contributed by atoms with van der Waals surface area (Å²) in [6, 6.07) is 8.56. The van der Waals surface area contributed by atoms with Crippen molar-refractivity contribution in [2.75, 3.05) is 0 Å². The molecule has 21 heavy (non-hydrogen) atoms. The van der Waals surface area contributed by atoms with Gasteiger partial charge in [-0.3, -0.25) is 0 Å². The van der Waals surface area contributed by atoms with E-state index in [0.717, 1.165) is 29.5 Å². The van der Waals surface area contributed by atoms with E-state index in [-0.39, 0.29) is 5.54 Å². The molecule has 1 aliphatic rings. The minimum Gasteiger partial charge on any atom is -0.319 e. The maximum absolute atomic E-state index is 6.66. The van der Waals surface area contributed by atoms with Crippen molar-refractivity contribution in [2.24, 2.45) is 11.7 Å². The van der Waals surface area contributed by atoms with E-state index in [4.69, 9.17) is 10.7 Å². The number of rotatable bonds is 3. The van der Waals surface area contributed by atoms with Gasteiger partial charge in [0.15, 0.2) is 0 Å². The Bertz CT molecular complexity index is 592. The summed E-state index contributed by atoms with van der Waals surface area (Å²) in [6.07, 6.45) is 5.92. The first kappa shape index (κ1) is 14.7. The molecule has 0 unspecified atom stereocenters. The van der Waals surface area contributed by atoms with Crippen LogP contribution in [-0.4, -0.2) is 4.98 Å². The van der Waals surface area contributed by atoms with Crippen LogP contribution in [0.5, 0.6) is 0 Å². The van der Waals surface area contributed by atoms with Crippen molar-refractivity contribution in [1.29, 1.82) is 0 Å². The normalized spacial score (nSPS) is 26.0. The Morgan fingerprint density at radius 3 is 2.52 bits per heavy atom. The smallest absolute Gasteiger partial charge is 0.113 e. The molecule has 1 aromatic heterocycles. The van der Waals surface area contributed by atoms with Crippen molar-refractivity contribution in [3.63, 3.8) is 0 Å². The van der Waals surface area contributed by atoms with E-state index in [0.29, 0.717) is 0 Å². The third kappa shape index (κ3) is 3.04. The number of aromatic nitrogens is 1. The lowest BCUT2D eigenvalue weighted by Crippen LogP contribution is -2.40. The zero-order valence-corrected chi connectivity index (χ0v) is 13.7. The highest BCUT2D eigenvalue weighted by Crippen LogP contribution is 2.40. The molecule has 1 aromatic carbocycles. The van der Waals surface area contributed by atoms with Gasteiger partial charge in [0.25, 0.3) is 0 Å². The van der Waals surface area contributed by atoms with Crippen molar-refractivity contribution in [3.8, 4) is 11.3 Å². The molecule has 112 valence electrons. The lowest BCUT2D eigenvalue weighted by atomic mass is 9.76. The molecule has 3 heteroatoms. The van der Waals surface area contributed by atoms with Crippen LogP contribution in [0.4, 0.5) is 0 Å². The number of nitrogens with two attached hydrogens (primary N) is 1. The zero-order chi connectivity index (χ0) is 14.9. The molecule has 0 aliphatic heterocycles. The molecule has 0 radical (unpaired) electrons. The van der Waals surface area contributed by atoms with Gasteiger partial charge in [-0.1, -0.05) is 43.2 Å². The first-order chi connectivity index (χ1) is 10.1. The number of benzene rings is 1. The molecule has 0 spiro atoms. The minimum absolute atomic E-state index is 0.195. The number of hydrogen-bond acceptors (Lipinski definition) is 3. The highest BCUT2D eigenvalue weighted by molar-refractivity contribution is 7.10. The van der Waals surface area contributed by atoms with Gasteiger partial charge in [0, 0.05) is 10.9 Å². The van der Waals surface area contributed by atoms with Gasteiger partial charge in [-0.05, 0) is 38.5 Å². The monoisotopic (exact) mass is 300 g/mol. The summed E-state index contributed by atoms with van der Waals surface area (Å²) in [6.45, 7) is 4.39. The van der Waals surface area contributed by atoms with Crippen LogP contribution < -0.4 is 5.73 Å². The molecule has 0 bridgehead atoms. The Kier molecular flexibility index (Phi) is 4.14. The van der Waals surface area contributed by atoms with E-state index in [1.54, 1.807) is 11.3 Å². The van der Waals surface area contributed by atoms with Crippen molar-refractivity contribution < 1.29 is 0 Å². The van der Waals surface area contributed by atoms with Gasteiger partial charge in [0.1, 0.15) is 5.01 Å². The lowest BCUT2D eigenvalue weighted by Gasteiger charge is -2.35. The Hall–Kier alpha value is -1.19. The highest BCUT2D eigenvalue weighted by Gasteiger charge is 2.35. The van der Waals surface area contributed by atoms with Crippen molar-refractivity contribution in [3.05, 3.63) is 40.2 Å². The minimum atomic E-state index is -0.195. The molecule has 1 heterocycles. The Balaban J connectivity index is 1.80. The van der Waals surface area contributed by atoms with Crippen LogP contribution in [0.15, 0.2) is 29.6 Å². The molecule has 2 N–H and O–H groups in total.